The molecular weight excluding hydrogens is 314 g/mol. The van der Waals surface area contributed by atoms with Gasteiger partial charge in [-0.15, -0.1) is 0 Å². The predicted octanol–water partition coefficient (Wildman–Crippen LogP) is 4.35. The third-order valence-corrected chi connectivity index (χ3v) is 5.81. The van der Waals surface area contributed by atoms with Gasteiger partial charge < -0.3 is 16.9 Å². The van der Waals surface area contributed by atoms with E-state index in [0.29, 0.717) is 0 Å². The van der Waals surface area contributed by atoms with Gasteiger partial charge in [-0.3, -0.25) is 0 Å². The molecule has 0 saturated heterocycles. The zero-order chi connectivity index (χ0) is 17.2. The lowest BCUT2D eigenvalue weighted by molar-refractivity contribution is -0.925. The number of nitrogens with zero attached hydrogens (tertiary/aromatic N) is 1. The summed E-state index contributed by atoms with van der Waals surface area (Å²) in [5.74, 6) is 0. The highest BCUT2D eigenvalue weighted by Gasteiger charge is 2.21. The van der Waals surface area contributed by atoms with Gasteiger partial charge in [-0.1, -0.05) is 78.1 Å². The SMILES string of the molecule is CCCCCCCCC[N+](CC)(CC)CCCCCCCCC.[Cl-]. The van der Waals surface area contributed by atoms with E-state index in [1.807, 2.05) is 0 Å². The van der Waals surface area contributed by atoms with Gasteiger partial charge in [-0.25, -0.2) is 0 Å². The van der Waals surface area contributed by atoms with Gasteiger partial charge in [0, 0.05) is 0 Å². The van der Waals surface area contributed by atoms with Gasteiger partial charge in [0.1, 0.15) is 0 Å². The van der Waals surface area contributed by atoms with Crippen molar-refractivity contribution in [2.45, 2.75) is 118 Å². The van der Waals surface area contributed by atoms with Crippen LogP contribution < -0.4 is 12.4 Å². The van der Waals surface area contributed by atoms with Crippen molar-refractivity contribution in [3.8, 4) is 0 Å². The fourth-order valence-corrected chi connectivity index (χ4v) is 3.78. The second-order valence-corrected chi connectivity index (χ2v) is 7.66. The first kappa shape index (κ1) is 26.5. The van der Waals surface area contributed by atoms with Crippen molar-refractivity contribution in [1.29, 1.82) is 0 Å². The molecule has 0 heterocycles. The smallest absolute Gasteiger partial charge is 0.0786 e. The van der Waals surface area contributed by atoms with Crippen LogP contribution in [0.3, 0.4) is 0 Å². The highest BCUT2D eigenvalue weighted by molar-refractivity contribution is 4.50. The Bertz CT molecular complexity index is 206. The second-order valence-electron chi connectivity index (χ2n) is 7.66. The Morgan fingerprint density at radius 1 is 0.417 bits per heavy atom. The topological polar surface area (TPSA) is 0 Å². The summed E-state index contributed by atoms with van der Waals surface area (Å²) >= 11 is 0. The molecule has 0 aromatic heterocycles. The number of hydrogen-bond donors (Lipinski definition) is 0. The molecule has 0 aliphatic heterocycles. The Morgan fingerprint density at radius 2 is 0.708 bits per heavy atom. The van der Waals surface area contributed by atoms with E-state index in [2.05, 4.69) is 27.7 Å². The average Bonchev–Trinajstić information content (AvgIpc) is 2.58. The lowest BCUT2D eigenvalue weighted by Crippen LogP contribution is -3.00. The summed E-state index contributed by atoms with van der Waals surface area (Å²) in [6.45, 7) is 15.0. The highest BCUT2D eigenvalue weighted by Crippen LogP contribution is 2.15. The van der Waals surface area contributed by atoms with E-state index in [9.17, 15) is 0 Å². The van der Waals surface area contributed by atoms with Crippen LogP contribution in [0.4, 0.5) is 0 Å². The Balaban J connectivity index is 0. The molecule has 0 fully saturated rings. The van der Waals surface area contributed by atoms with E-state index in [1.54, 1.807) is 0 Å². The molecule has 0 aliphatic rings. The van der Waals surface area contributed by atoms with Gasteiger partial charge in [-0.05, 0) is 39.5 Å². The molecule has 0 aromatic carbocycles. The molecule has 2 heteroatoms. The normalized spacial score (nSPS) is 11.5. The van der Waals surface area contributed by atoms with E-state index in [-0.39, 0.29) is 12.4 Å². The van der Waals surface area contributed by atoms with Crippen molar-refractivity contribution in [2.75, 3.05) is 26.2 Å². The zero-order valence-corrected chi connectivity index (χ0v) is 18.3. The molecule has 24 heavy (non-hydrogen) atoms. The van der Waals surface area contributed by atoms with Crippen LogP contribution in [0.2, 0.25) is 0 Å². The molecule has 148 valence electrons. The van der Waals surface area contributed by atoms with Gasteiger partial charge in [0.2, 0.25) is 0 Å². The number of quaternary nitrogens is 1. The summed E-state index contributed by atoms with van der Waals surface area (Å²) in [6, 6.07) is 0. The summed E-state index contributed by atoms with van der Waals surface area (Å²) in [6.07, 6.45) is 20.2. The lowest BCUT2D eigenvalue weighted by atomic mass is 10.1. The van der Waals surface area contributed by atoms with Gasteiger partial charge in [0.25, 0.3) is 0 Å². The Kier molecular flexibility index (Phi) is 21.6. The molecule has 0 atom stereocenters. The lowest BCUT2D eigenvalue weighted by Gasteiger charge is -2.37. The molecule has 0 unspecified atom stereocenters. The zero-order valence-electron chi connectivity index (χ0n) is 17.6. The minimum absolute atomic E-state index is 0. The third-order valence-electron chi connectivity index (χ3n) is 5.81. The van der Waals surface area contributed by atoms with Crippen LogP contribution in [0, 0.1) is 0 Å². The highest BCUT2D eigenvalue weighted by atomic mass is 35.5. The fourth-order valence-electron chi connectivity index (χ4n) is 3.78. The van der Waals surface area contributed by atoms with E-state index >= 15 is 0 Å². The number of rotatable bonds is 18. The number of hydrogen-bond acceptors (Lipinski definition) is 0. The third kappa shape index (κ3) is 14.6. The van der Waals surface area contributed by atoms with Crippen molar-refractivity contribution in [3.63, 3.8) is 0 Å². The first-order valence-electron chi connectivity index (χ1n) is 11.1. The Labute approximate surface area is 161 Å². The predicted molar refractivity (Wildman–Crippen MR) is 107 cm³/mol. The van der Waals surface area contributed by atoms with Crippen molar-refractivity contribution < 1.29 is 16.9 Å². The number of halogens is 1. The monoisotopic (exact) mass is 361 g/mol. The standard InChI is InChI=1S/C22H48N.ClH/c1-5-9-11-13-15-17-19-21-23(7-3,8-4)22-20-18-16-14-12-10-6-2;/h5-22H2,1-4H3;1H/q+1;/p-1. The summed E-state index contributed by atoms with van der Waals surface area (Å²) in [4.78, 5) is 0. The first-order valence-corrected chi connectivity index (χ1v) is 11.1. The van der Waals surface area contributed by atoms with Crippen LogP contribution in [0.5, 0.6) is 0 Å². The molecule has 0 radical (unpaired) electrons. The van der Waals surface area contributed by atoms with E-state index in [0.717, 1.165) is 0 Å². The van der Waals surface area contributed by atoms with Gasteiger partial charge in [0.05, 0.1) is 26.2 Å². The molecule has 0 aliphatic carbocycles. The molecule has 0 bridgehead atoms. The van der Waals surface area contributed by atoms with Crippen molar-refractivity contribution in [3.05, 3.63) is 0 Å². The van der Waals surface area contributed by atoms with Crippen LogP contribution >= 0.6 is 0 Å². The second kappa shape index (κ2) is 19.6. The number of unbranched alkanes of at least 4 members (excludes halogenated alkanes) is 12. The average molecular weight is 362 g/mol. The summed E-state index contributed by atoms with van der Waals surface area (Å²) in [7, 11) is 0. The molecule has 0 N–H and O–H groups in total. The maximum Gasteiger partial charge on any atom is 0.0786 e. The van der Waals surface area contributed by atoms with Crippen LogP contribution in [-0.2, 0) is 0 Å². The quantitative estimate of drug-likeness (QED) is 0.251. The van der Waals surface area contributed by atoms with Crippen molar-refractivity contribution >= 4 is 0 Å². The minimum Gasteiger partial charge on any atom is -1.00 e. The minimum atomic E-state index is 0. The molecule has 1 nitrogen and oxygen atoms in total. The van der Waals surface area contributed by atoms with Crippen molar-refractivity contribution in [1.82, 2.24) is 0 Å². The molecular formula is C22H48ClN. The van der Waals surface area contributed by atoms with Crippen LogP contribution in [0.1, 0.15) is 118 Å². The molecule has 0 spiro atoms. The first-order chi connectivity index (χ1) is 11.2. The van der Waals surface area contributed by atoms with E-state index < -0.39 is 0 Å². The molecule has 0 aromatic rings. The van der Waals surface area contributed by atoms with E-state index in [4.69, 9.17) is 0 Å². The summed E-state index contributed by atoms with van der Waals surface area (Å²) < 4.78 is 1.38. The maximum absolute atomic E-state index is 2.41. The van der Waals surface area contributed by atoms with E-state index in [1.165, 1.54) is 121 Å². The maximum atomic E-state index is 2.41. The molecule has 0 amide bonds. The van der Waals surface area contributed by atoms with Gasteiger partial charge >= 0.3 is 0 Å². The van der Waals surface area contributed by atoms with Crippen LogP contribution in [-0.4, -0.2) is 30.7 Å². The summed E-state index contributed by atoms with van der Waals surface area (Å²) in [5.41, 5.74) is 0. The van der Waals surface area contributed by atoms with Crippen LogP contribution in [0.15, 0.2) is 0 Å². The van der Waals surface area contributed by atoms with Gasteiger partial charge in [0.15, 0.2) is 0 Å². The Hall–Kier alpha value is 0.250. The fraction of sp³-hybridized carbons (Fsp3) is 1.00. The van der Waals surface area contributed by atoms with Crippen molar-refractivity contribution in [2.24, 2.45) is 0 Å². The molecule has 0 saturated carbocycles. The molecule has 0 rings (SSSR count). The van der Waals surface area contributed by atoms with Crippen LogP contribution in [0.25, 0.3) is 0 Å². The van der Waals surface area contributed by atoms with Gasteiger partial charge in [-0.2, -0.15) is 0 Å². The largest absolute Gasteiger partial charge is 1.00 e. The Morgan fingerprint density at radius 3 is 1.00 bits per heavy atom. The summed E-state index contributed by atoms with van der Waals surface area (Å²) in [5, 5.41) is 0.